The van der Waals surface area contributed by atoms with E-state index < -0.39 is 0 Å². The SMILES string of the molecule is CC1(c2ccccc2)C=CC=CC1[C]=O. The van der Waals surface area contributed by atoms with Crippen LogP contribution < -0.4 is 0 Å². The zero-order valence-corrected chi connectivity index (χ0v) is 8.68. The predicted octanol–water partition coefficient (Wildman–Crippen LogP) is 2.80. The van der Waals surface area contributed by atoms with E-state index in [9.17, 15) is 4.79 Å². The molecule has 0 bridgehead atoms. The number of carbonyl (C=O) groups excluding carboxylic acids is 1. The Morgan fingerprint density at radius 2 is 1.93 bits per heavy atom. The Kier molecular flexibility index (Phi) is 2.55. The fourth-order valence-electron chi connectivity index (χ4n) is 1.97. The van der Waals surface area contributed by atoms with Crippen LogP contribution in [0.3, 0.4) is 0 Å². The van der Waals surface area contributed by atoms with Gasteiger partial charge in [-0.05, 0) is 5.56 Å². The first-order chi connectivity index (χ1) is 7.27. The van der Waals surface area contributed by atoms with Crippen LogP contribution >= 0.6 is 0 Å². The average Bonchev–Trinajstić information content (AvgIpc) is 2.31. The summed E-state index contributed by atoms with van der Waals surface area (Å²) >= 11 is 0. The smallest absolute Gasteiger partial charge is 0.207 e. The van der Waals surface area contributed by atoms with E-state index in [1.165, 1.54) is 0 Å². The molecule has 0 spiro atoms. The van der Waals surface area contributed by atoms with E-state index in [4.69, 9.17) is 0 Å². The van der Waals surface area contributed by atoms with Crippen LogP contribution in [0.15, 0.2) is 54.6 Å². The summed E-state index contributed by atoms with van der Waals surface area (Å²) in [7, 11) is 0. The second kappa shape index (κ2) is 3.85. The lowest BCUT2D eigenvalue weighted by molar-refractivity contribution is 0.470. The van der Waals surface area contributed by atoms with E-state index in [2.05, 4.69) is 19.3 Å². The van der Waals surface area contributed by atoms with Crippen LogP contribution in [-0.2, 0) is 10.2 Å². The van der Waals surface area contributed by atoms with Crippen molar-refractivity contribution in [2.45, 2.75) is 12.3 Å². The van der Waals surface area contributed by atoms with E-state index in [1.807, 2.05) is 48.6 Å². The van der Waals surface area contributed by atoms with Gasteiger partial charge < -0.3 is 0 Å². The summed E-state index contributed by atoms with van der Waals surface area (Å²) in [5.41, 5.74) is 0.900. The molecule has 0 saturated heterocycles. The Hall–Kier alpha value is -1.63. The van der Waals surface area contributed by atoms with Gasteiger partial charge in [0, 0.05) is 5.41 Å². The van der Waals surface area contributed by atoms with Gasteiger partial charge >= 0.3 is 0 Å². The van der Waals surface area contributed by atoms with Crippen LogP contribution in [0.5, 0.6) is 0 Å². The van der Waals surface area contributed by atoms with E-state index in [-0.39, 0.29) is 11.3 Å². The first kappa shape index (κ1) is 9.91. The Morgan fingerprint density at radius 3 is 2.60 bits per heavy atom. The van der Waals surface area contributed by atoms with E-state index >= 15 is 0 Å². The molecule has 75 valence electrons. The van der Waals surface area contributed by atoms with Crippen molar-refractivity contribution in [1.82, 2.24) is 0 Å². The van der Waals surface area contributed by atoms with Crippen LogP contribution in [0.4, 0.5) is 0 Å². The summed E-state index contributed by atoms with van der Waals surface area (Å²) in [5.74, 6) is -0.190. The minimum absolute atomic E-state index is 0.190. The van der Waals surface area contributed by atoms with Crippen LogP contribution in [0.25, 0.3) is 0 Å². The standard InChI is InChI=1S/C14H13O/c1-14(12-7-3-2-4-8-12)10-6-5-9-13(14)11-15/h2-10,13H,1H3. The van der Waals surface area contributed by atoms with Gasteiger partial charge in [-0.25, -0.2) is 0 Å². The van der Waals surface area contributed by atoms with Gasteiger partial charge in [0.25, 0.3) is 0 Å². The van der Waals surface area contributed by atoms with Gasteiger partial charge in [0.2, 0.25) is 6.29 Å². The Bertz CT molecular complexity index is 403. The topological polar surface area (TPSA) is 17.1 Å². The molecule has 0 amide bonds. The number of allylic oxidation sites excluding steroid dienone is 4. The first-order valence-corrected chi connectivity index (χ1v) is 5.06. The maximum atomic E-state index is 10.9. The molecule has 0 N–H and O–H groups in total. The van der Waals surface area contributed by atoms with Crippen molar-refractivity contribution >= 4 is 6.29 Å². The zero-order valence-electron chi connectivity index (χ0n) is 8.68. The first-order valence-electron chi connectivity index (χ1n) is 5.06. The zero-order chi connectivity index (χ0) is 10.7. The maximum Gasteiger partial charge on any atom is 0.207 e. The van der Waals surface area contributed by atoms with Crippen LogP contribution in [-0.4, -0.2) is 6.29 Å². The summed E-state index contributed by atoms with van der Waals surface area (Å²) < 4.78 is 0. The number of hydrogen-bond acceptors (Lipinski definition) is 1. The molecule has 15 heavy (non-hydrogen) atoms. The van der Waals surface area contributed by atoms with Crippen molar-refractivity contribution in [3.05, 3.63) is 60.2 Å². The fourth-order valence-corrected chi connectivity index (χ4v) is 1.97. The molecule has 1 nitrogen and oxygen atoms in total. The molecule has 0 heterocycles. The van der Waals surface area contributed by atoms with Gasteiger partial charge in [-0.15, -0.1) is 0 Å². The molecule has 0 aliphatic heterocycles. The second-order valence-electron chi connectivity index (χ2n) is 3.99. The third kappa shape index (κ3) is 1.65. The highest BCUT2D eigenvalue weighted by Gasteiger charge is 2.33. The molecule has 2 rings (SSSR count). The quantitative estimate of drug-likeness (QED) is 0.712. The number of hydrogen-bond donors (Lipinski definition) is 0. The lowest BCUT2D eigenvalue weighted by Gasteiger charge is -2.31. The summed E-state index contributed by atoms with van der Waals surface area (Å²) in [6, 6.07) is 10.1. The van der Waals surface area contributed by atoms with Crippen molar-refractivity contribution in [3.8, 4) is 0 Å². The molecule has 1 aromatic rings. The third-order valence-corrected chi connectivity index (χ3v) is 3.03. The molecule has 1 aliphatic carbocycles. The van der Waals surface area contributed by atoms with Gasteiger partial charge in [0.05, 0.1) is 5.92 Å². The average molecular weight is 197 g/mol. The fraction of sp³-hybridized carbons (Fsp3) is 0.214. The molecular weight excluding hydrogens is 184 g/mol. The molecule has 1 aromatic carbocycles. The van der Waals surface area contributed by atoms with Gasteiger partial charge in [-0.1, -0.05) is 61.6 Å². The monoisotopic (exact) mass is 197 g/mol. The summed E-state index contributed by atoms with van der Waals surface area (Å²) in [5, 5.41) is 0. The van der Waals surface area contributed by atoms with E-state index in [1.54, 1.807) is 0 Å². The summed E-state index contributed by atoms with van der Waals surface area (Å²) in [6.07, 6.45) is 9.97. The van der Waals surface area contributed by atoms with Crippen LogP contribution in [0, 0.1) is 5.92 Å². The molecule has 2 atom stereocenters. The predicted molar refractivity (Wildman–Crippen MR) is 61.3 cm³/mol. The van der Waals surface area contributed by atoms with Crippen molar-refractivity contribution < 1.29 is 4.79 Å². The van der Waals surface area contributed by atoms with Crippen LogP contribution in [0.2, 0.25) is 0 Å². The highest BCUT2D eigenvalue weighted by atomic mass is 16.1. The Labute approximate surface area is 90.1 Å². The largest absolute Gasteiger partial charge is 0.290 e. The molecule has 1 heteroatoms. The van der Waals surface area contributed by atoms with Crippen molar-refractivity contribution in [2.24, 2.45) is 5.92 Å². The van der Waals surface area contributed by atoms with Crippen molar-refractivity contribution in [1.29, 1.82) is 0 Å². The highest BCUT2D eigenvalue weighted by Crippen LogP contribution is 2.35. The minimum Gasteiger partial charge on any atom is -0.290 e. The molecule has 0 fully saturated rings. The van der Waals surface area contributed by atoms with Gasteiger partial charge in [-0.3, -0.25) is 4.79 Å². The second-order valence-corrected chi connectivity index (χ2v) is 3.99. The summed E-state index contributed by atoms with van der Waals surface area (Å²) in [6.45, 7) is 2.07. The summed E-state index contributed by atoms with van der Waals surface area (Å²) in [4.78, 5) is 10.9. The minimum atomic E-state index is -0.252. The molecule has 0 aromatic heterocycles. The third-order valence-electron chi connectivity index (χ3n) is 3.03. The van der Waals surface area contributed by atoms with Crippen molar-refractivity contribution in [2.75, 3.05) is 0 Å². The van der Waals surface area contributed by atoms with Crippen LogP contribution in [0.1, 0.15) is 12.5 Å². The normalized spacial score (nSPS) is 29.0. The lowest BCUT2D eigenvalue weighted by Crippen LogP contribution is -2.31. The molecule has 1 aliphatic rings. The lowest BCUT2D eigenvalue weighted by atomic mass is 9.70. The maximum absolute atomic E-state index is 10.9. The van der Waals surface area contributed by atoms with Crippen molar-refractivity contribution in [3.63, 3.8) is 0 Å². The Balaban J connectivity index is 2.45. The van der Waals surface area contributed by atoms with Gasteiger partial charge in [0.1, 0.15) is 0 Å². The van der Waals surface area contributed by atoms with E-state index in [0.717, 1.165) is 5.56 Å². The highest BCUT2D eigenvalue weighted by molar-refractivity contribution is 5.64. The number of benzene rings is 1. The van der Waals surface area contributed by atoms with Gasteiger partial charge in [0.15, 0.2) is 0 Å². The number of rotatable bonds is 2. The molecule has 1 radical (unpaired) electrons. The van der Waals surface area contributed by atoms with Gasteiger partial charge in [-0.2, -0.15) is 0 Å². The Morgan fingerprint density at radius 1 is 1.20 bits per heavy atom. The molecule has 2 unspecified atom stereocenters. The molecular formula is C14H13O. The molecule has 0 saturated carbocycles. The van der Waals surface area contributed by atoms with E-state index in [0.29, 0.717) is 0 Å².